The lowest BCUT2D eigenvalue weighted by Crippen LogP contribution is -2.06. The summed E-state index contributed by atoms with van der Waals surface area (Å²) in [5, 5.41) is 4.82. The summed E-state index contributed by atoms with van der Waals surface area (Å²) >= 11 is 12.1. The molecule has 0 spiro atoms. The molecule has 3 rings (SSSR count). The molecule has 0 saturated carbocycles. The molecular formula is C16H15Cl2N. The zero-order valence-electron chi connectivity index (χ0n) is 10.9. The SMILES string of the molecule is Cc1ccc2c(c1C)NC(c1ccc(Cl)c(Cl)c1)C2. The van der Waals surface area contributed by atoms with Gasteiger partial charge in [-0.05, 0) is 54.7 Å². The highest BCUT2D eigenvalue weighted by atomic mass is 35.5. The van der Waals surface area contributed by atoms with Crippen LogP contribution in [0.1, 0.15) is 28.3 Å². The highest BCUT2D eigenvalue weighted by Gasteiger charge is 2.24. The Morgan fingerprint density at radius 3 is 2.58 bits per heavy atom. The molecule has 2 aromatic carbocycles. The predicted octanol–water partition coefficient (Wildman–Crippen LogP) is 5.32. The summed E-state index contributed by atoms with van der Waals surface area (Å²) in [6, 6.07) is 10.5. The molecule has 1 atom stereocenters. The van der Waals surface area contributed by atoms with Gasteiger partial charge in [0.1, 0.15) is 0 Å². The van der Waals surface area contributed by atoms with Crippen LogP contribution in [0, 0.1) is 13.8 Å². The van der Waals surface area contributed by atoms with Gasteiger partial charge in [0.15, 0.2) is 0 Å². The van der Waals surface area contributed by atoms with Gasteiger partial charge in [-0.15, -0.1) is 0 Å². The van der Waals surface area contributed by atoms with E-state index in [0.29, 0.717) is 10.0 Å². The second-order valence-corrected chi connectivity index (χ2v) is 5.93. The minimum absolute atomic E-state index is 0.283. The molecule has 0 bridgehead atoms. The fourth-order valence-electron chi connectivity index (χ4n) is 2.62. The molecule has 1 nitrogen and oxygen atoms in total. The fraction of sp³-hybridized carbons (Fsp3) is 0.250. The first-order chi connectivity index (χ1) is 9.06. The van der Waals surface area contributed by atoms with E-state index in [0.717, 1.165) is 6.42 Å². The summed E-state index contributed by atoms with van der Waals surface area (Å²) in [4.78, 5) is 0. The minimum atomic E-state index is 0.283. The van der Waals surface area contributed by atoms with Crippen molar-refractivity contribution in [3.63, 3.8) is 0 Å². The second kappa shape index (κ2) is 4.73. The van der Waals surface area contributed by atoms with Gasteiger partial charge in [-0.2, -0.15) is 0 Å². The molecule has 1 aliphatic rings. The third-order valence-electron chi connectivity index (χ3n) is 3.91. The quantitative estimate of drug-likeness (QED) is 0.750. The number of anilines is 1. The highest BCUT2D eigenvalue weighted by Crippen LogP contribution is 2.38. The zero-order valence-corrected chi connectivity index (χ0v) is 12.4. The maximum absolute atomic E-state index is 6.10. The Morgan fingerprint density at radius 2 is 1.84 bits per heavy atom. The van der Waals surface area contributed by atoms with E-state index in [2.05, 4.69) is 31.3 Å². The Balaban J connectivity index is 1.95. The summed E-state index contributed by atoms with van der Waals surface area (Å²) < 4.78 is 0. The Labute approximate surface area is 123 Å². The number of benzene rings is 2. The van der Waals surface area contributed by atoms with E-state index in [9.17, 15) is 0 Å². The van der Waals surface area contributed by atoms with Crippen molar-refractivity contribution in [1.82, 2.24) is 0 Å². The summed E-state index contributed by atoms with van der Waals surface area (Å²) in [5.41, 5.74) is 6.49. The summed E-state index contributed by atoms with van der Waals surface area (Å²) in [6.07, 6.45) is 0.994. The van der Waals surface area contributed by atoms with Crippen LogP contribution in [0.25, 0.3) is 0 Å². The van der Waals surface area contributed by atoms with Crippen LogP contribution in [0.5, 0.6) is 0 Å². The van der Waals surface area contributed by atoms with Crippen LogP contribution in [-0.4, -0.2) is 0 Å². The summed E-state index contributed by atoms with van der Waals surface area (Å²) in [7, 11) is 0. The maximum Gasteiger partial charge on any atom is 0.0595 e. The van der Waals surface area contributed by atoms with Crippen molar-refractivity contribution < 1.29 is 0 Å². The number of fused-ring (bicyclic) bond motifs is 1. The molecular weight excluding hydrogens is 277 g/mol. The van der Waals surface area contributed by atoms with Gasteiger partial charge in [0.25, 0.3) is 0 Å². The topological polar surface area (TPSA) is 12.0 Å². The van der Waals surface area contributed by atoms with Crippen LogP contribution >= 0.6 is 23.2 Å². The van der Waals surface area contributed by atoms with Crippen molar-refractivity contribution in [1.29, 1.82) is 0 Å². The van der Waals surface area contributed by atoms with Gasteiger partial charge in [-0.1, -0.05) is 41.4 Å². The van der Waals surface area contributed by atoms with E-state index in [1.165, 1.54) is 27.9 Å². The average Bonchev–Trinajstić information content (AvgIpc) is 2.82. The smallest absolute Gasteiger partial charge is 0.0595 e. The van der Waals surface area contributed by atoms with Gasteiger partial charge in [0, 0.05) is 5.69 Å². The van der Waals surface area contributed by atoms with Gasteiger partial charge in [-0.3, -0.25) is 0 Å². The summed E-state index contributed by atoms with van der Waals surface area (Å²) in [5.74, 6) is 0. The lowest BCUT2D eigenvalue weighted by molar-refractivity contribution is 0.824. The third kappa shape index (κ3) is 2.22. The third-order valence-corrected chi connectivity index (χ3v) is 4.65. The molecule has 19 heavy (non-hydrogen) atoms. The van der Waals surface area contributed by atoms with Crippen LogP contribution in [0.3, 0.4) is 0 Å². The lowest BCUT2D eigenvalue weighted by Gasteiger charge is -2.13. The Kier molecular flexibility index (Phi) is 3.20. The molecule has 0 saturated heterocycles. The second-order valence-electron chi connectivity index (χ2n) is 5.12. The molecule has 0 aliphatic carbocycles. The number of halogens is 2. The lowest BCUT2D eigenvalue weighted by atomic mass is 10.0. The Morgan fingerprint density at radius 1 is 1.05 bits per heavy atom. The molecule has 1 heterocycles. The van der Waals surface area contributed by atoms with Crippen molar-refractivity contribution in [3.8, 4) is 0 Å². The van der Waals surface area contributed by atoms with Crippen LogP contribution < -0.4 is 5.32 Å². The van der Waals surface area contributed by atoms with Crippen LogP contribution in [0.15, 0.2) is 30.3 Å². The van der Waals surface area contributed by atoms with Crippen molar-refractivity contribution >= 4 is 28.9 Å². The zero-order chi connectivity index (χ0) is 13.6. The summed E-state index contributed by atoms with van der Waals surface area (Å²) in [6.45, 7) is 4.31. The fourth-order valence-corrected chi connectivity index (χ4v) is 2.93. The average molecular weight is 292 g/mol. The molecule has 0 radical (unpaired) electrons. The Hall–Kier alpha value is -1.18. The van der Waals surface area contributed by atoms with Gasteiger partial charge in [-0.25, -0.2) is 0 Å². The van der Waals surface area contributed by atoms with Crippen molar-refractivity contribution in [2.75, 3.05) is 5.32 Å². The first kappa shape index (κ1) is 12.8. The van der Waals surface area contributed by atoms with Crippen LogP contribution in [0.2, 0.25) is 10.0 Å². The standard InChI is InChI=1S/C16H15Cl2N/c1-9-3-4-12-8-15(19-16(12)10(9)2)11-5-6-13(17)14(18)7-11/h3-7,15,19H,8H2,1-2H3. The van der Waals surface area contributed by atoms with E-state index >= 15 is 0 Å². The molecule has 3 heteroatoms. The number of nitrogens with one attached hydrogen (secondary N) is 1. The Bertz CT molecular complexity index is 649. The molecule has 0 aromatic heterocycles. The van der Waals surface area contributed by atoms with Crippen molar-refractivity contribution in [2.24, 2.45) is 0 Å². The molecule has 98 valence electrons. The van der Waals surface area contributed by atoms with Gasteiger partial charge in [0.2, 0.25) is 0 Å². The normalized spacial score (nSPS) is 17.2. The highest BCUT2D eigenvalue weighted by molar-refractivity contribution is 6.42. The molecule has 1 N–H and O–H groups in total. The van der Waals surface area contributed by atoms with Gasteiger partial charge in [0.05, 0.1) is 16.1 Å². The predicted molar refractivity (Wildman–Crippen MR) is 82.4 cm³/mol. The number of aryl methyl sites for hydroxylation is 1. The van der Waals surface area contributed by atoms with Gasteiger partial charge >= 0.3 is 0 Å². The van der Waals surface area contributed by atoms with Crippen LogP contribution in [-0.2, 0) is 6.42 Å². The van der Waals surface area contributed by atoms with E-state index in [1.54, 1.807) is 0 Å². The molecule has 0 amide bonds. The minimum Gasteiger partial charge on any atom is -0.377 e. The first-order valence-corrected chi connectivity index (χ1v) is 7.12. The molecule has 2 aromatic rings. The van der Waals surface area contributed by atoms with Crippen molar-refractivity contribution in [2.45, 2.75) is 26.3 Å². The van der Waals surface area contributed by atoms with E-state index in [-0.39, 0.29) is 6.04 Å². The maximum atomic E-state index is 6.10. The molecule has 1 aliphatic heterocycles. The molecule has 0 fully saturated rings. The van der Waals surface area contributed by atoms with Crippen molar-refractivity contribution in [3.05, 3.63) is 62.6 Å². The number of rotatable bonds is 1. The largest absolute Gasteiger partial charge is 0.377 e. The van der Waals surface area contributed by atoms with E-state index in [4.69, 9.17) is 23.2 Å². The first-order valence-electron chi connectivity index (χ1n) is 6.37. The van der Waals surface area contributed by atoms with E-state index in [1.807, 2.05) is 18.2 Å². The monoisotopic (exact) mass is 291 g/mol. The number of hydrogen-bond donors (Lipinski definition) is 1. The van der Waals surface area contributed by atoms with E-state index < -0.39 is 0 Å². The van der Waals surface area contributed by atoms with Gasteiger partial charge < -0.3 is 5.32 Å². The molecule has 1 unspecified atom stereocenters. The number of hydrogen-bond acceptors (Lipinski definition) is 1. The van der Waals surface area contributed by atoms with Crippen LogP contribution in [0.4, 0.5) is 5.69 Å².